The molecule has 1 unspecified atom stereocenters. The summed E-state index contributed by atoms with van der Waals surface area (Å²) in [5.41, 5.74) is 6.66. The van der Waals surface area contributed by atoms with Crippen molar-refractivity contribution in [2.45, 2.75) is 32.4 Å². The van der Waals surface area contributed by atoms with Crippen LogP contribution in [-0.4, -0.2) is 23.0 Å². The summed E-state index contributed by atoms with van der Waals surface area (Å²) in [6, 6.07) is 6.44. The molecule has 1 aromatic carbocycles. The third-order valence-electron chi connectivity index (χ3n) is 2.52. The quantitative estimate of drug-likeness (QED) is 0.705. The van der Waals surface area contributed by atoms with Crippen molar-refractivity contribution in [1.29, 1.82) is 0 Å². The molecule has 1 aromatic rings. The Morgan fingerprint density at radius 1 is 1.33 bits per heavy atom. The fourth-order valence-electron chi connectivity index (χ4n) is 1.41. The van der Waals surface area contributed by atoms with Crippen molar-refractivity contribution in [2.24, 2.45) is 5.73 Å². The van der Waals surface area contributed by atoms with Gasteiger partial charge in [-0.15, -0.1) is 0 Å². The average Bonchev–Trinajstić information content (AvgIpc) is 2.34. The highest BCUT2D eigenvalue weighted by molar-refractivity contribution is 5.87. The second kappa shape index (κ2) is 6.76. The molecule has 5 heteroatoms. The van der Waals surface area contributed by atoms with Crippen molar-refractivity contribution < 1.29 is 14.7 Å². The number of nitrogens with one attached hydrogen (secondary N) is 1. The minimum atomic E-state index is -0.956. The molecule has 0 aromatic heterocycles. The highest BCUT2D eigenvalue weighted by Crippen LogP contribution is 2.04. The van der Waals surface area contributed by atoms with Gasteiger partial charge in [0, 0.05) is 19.0 Å². The van der Waals surface area contributed by atoms with Gasteiger partial charge in [0.05, 0.1) is 5.56 Å². The van der Waals surface area contributed by atoms with E-state index >= 15 is 0 Å². The van der Waals surface area contributed by atoms with Crippen molar-refractivity contribution in [1.82, 2.24) is 5.32 Å². The summed E-state index contributed by atoms with van der Waals surface area (Å²) in [5.74, 6) is -1.00. The van der Waals surface area contributed by atoms with Crippen molar-refractivity contribution in [3.05, 3.63) is 35.4 Å². The van der Waals surface area contributed by atoms with Crippen molar-refractivity contribution in [3.8, 4) is 0 Å². The van der Waals surface area contributed by atoms with Gasteiger partial charge in [0.2, 0.25) is 5.91 Å². The number of aromatic carboxylic acids is 1. The van der Waals surface area contributed by atoms with Gasteiger partial charge in [-0.25, -0.2) is 4.79 Å². The third kappa shape index (κ3) is 4.97. The van der Waals surface area contributed by atoms with E-state index in [9.17, 15) is 9.59 Å². The van der Waals surface area contributed by atoms with E-state index in [-0.39, 0.29) is 17.5 Å². The molecule has 1 amide bonds. The second-order valence-electron chi connectivity index (χ2n) is 4.29. The lowest BCUT2D eigenvalue weighted by Gasteiger charge is -2.07. The average molecular weight is 250 g/mol. The monoisotopic (exact) mass is 250 g/mol. The van der Waals surface area contributed by atoms with E-state index in [1.807, 2.05) is 6.92 Å². The largest absolute Gasteiger partial charge is 0.478 e. The summed E-state index contributed by atoms with van der Waals surface area (Å²) < 4.78 is 0. The Labute approximate surface area is 106 Å². The Morgan fingerprint density at radius 3 is 2.44 bits per heavy atom. The minimum Gasteiger partial charge on any atom is -0.478 e. The summed E-state index contributed by atoms with van der Waals surface area (Å²) in [6.45, 7) is 2.26. The number of carbonyl (C=O) groups is 2. The molecule has 0 saturated heterocycles. The first-order valence-electron chi connectivity index (χ1n) is 5.83. The van der Waals surface area contributed by atoms with Gasteiger partial charge in [0.1, 0.15) is 0 Å². The maximum absolute atomic E-state index is 11.4. The normalized spacial score (nSPS) is 11.9. The van der Waals surface area contributed by atoms with Gasteiger partial charge < -0.3 is 16.2 Å². The highest BCUT2D eigenvalue weighted by Gasteiger charge is 2.04. The van der Waals surface area contributed by atoms with Gasteiger partial charge in [-0.1, -0.05) is 12.1 Å². The van der Waals surface area contributed by atoms with Crippen LogP contribution < -0.4 is 11.1 Å². The smallest absolute Gasteiger partial charge is 0.335 e. The predicted octanol–water partition coefficient (Wildman–Crippen LogP) is 1.13. The van der Waals surface area contributed by atoms with Gasteiger partial charge >= 0.3 is 5.97 Å². The van der Waals surface area contributed by atoms with Crippen LogP contribution in [0.1, 0.15) is 35.7 Å². The Hall–Kier alpha value is -1.88. The highest BCUT2D eigenvalue weighted by atomic mass is 16.4. The summed E-state index contributed by atoms with van der Waals surface area (Å²) >= 11 is 0. The first-order valence-corrected chi connectivity index (χ1v) is 5.83. The second-order valence-corrected chi connectivity index (χ2v) is 4.29. The lowest BCUT2D eigenvalue weighted by Crippen LogP contribution is -2.25. The van der Waals surface area contributed by atoms with Gasteiger partial charge in [-0.3, -0.25) is 4.79 Å². The molecule has 18 heavy (non-hydrogen) atoms. The molecule has 4 N–H and O–H groups in total. The number of amides is 1. The number of carboxylic acids is 1. The molecule has 0 spiro atoms. The standard InChI is InChI=1S/C13H18N2O3/c1-9(14)2-7-12(16)15-8-10-3-5-11(6-4-10)13(17)18/h3-6,9H,2,7-8,14H2,1H3,(H,15,16)(H,17,18). The van der Waals surface area contributed by atoms with Gasteiger partial charge in [-0.2, -0.15) is 0 Å². The molecule has 1 rings (SSSR count). The molecule has 0 aliphatic rings. The van der Waals surface area contributed by atoms with E-state index in [1.54, 1.807) is 12.1 Å². The van der Waals surface area contributed by atoms with Crippen LogP contribution in [0, 0.1) is 0 Å². The number of nitrogens with two attached hydrogens (primary N) is 1. The zero-order valence-electron chi connectivity index (χ0n) is 10.3. The fourth-order valence-corrected chi connectivity index (χ4v) is 1.41. The fraction of sp³-hybridized carbons (Fsp3) is 0.385. The van der Waals surface area contributed by atoms with Crippen molar-refractivity contribution in [2.75, 3.05) is 0 Å². The Morgan fingerprint density at radius 2 is 1.94 bits per heavy atom. The Bertz CT molecular complexity index is 413. The van der Waals surface area contributed by atoms with Crippen LogP contribution in [-0.2, 0) is 11.3 Å². The molecule has 0 radical (unpaired) electrons. The molecular weight excluding hydrogens is 232 g/mol. The lowest BCUT2D eigenvalue weighted by molar-refractivity contribution is -0.121. The topological polar surface area (TPSA) is 92.4 Å². The van der Waals surface area contributed by atoms with E-state index < -0.39 is 5.97 Å². The molecule has 0 bridgehead atoms. The summed E-state index contributed by atoms with van der Waals surface area (Å²) in [5, 5.41) is 11.5. The summed E-state index contributed by atoms with van der Waals surface area (Å²) in [4.78, 5) is 22.1. The number of rotatable bonds is 6. The molecule has 1 atom stereocenters. The Balaban J connectivity index is 2.39. The van der Waals surface area contributed by atoms with E-state index in [0.29, 0.717) is 19.4 Å². The van der Waals surface area contributed by atoms with Gasteiger partial charge in [0.15, 0.2) is 0 Å². The molecule has 0 fully saturated rings. The van der Waals surface area contributed by atoms with Crippen molar-refractivity contribution >= 4 is 11.9 Å². The number of carboxylic acid groups (broad SMARTS) is 1. The third-order valence-corrected chi connectivity index (χ3v) is 2.52. The van der Waals surface area contributed by atoms with Crippen LogP contribution >= 0.6 is 0 Å². The van der Waals surface area contributed by atoms with Crippen LogP contribution in [0.4, 0.5) is 0 Å². The van der Waals surface area contributed by atoms with Crippen LogP contribution in [0.25, 0.3) is 0 Å². The minimum absolute atomic E-state index is 0.0191. The van der Waals surface area contributed by atoms with E-state index in [1.165, 1.54) is 12.1 Å². The van der Waals surface area contributed by atoms with Crippen LogP contribution in [0.2, 0.25) is 0 Å². The van der Waals surface area contributed by atoms with Crippen LogP contribution in [0.5, 0.6) is 0 Å². The summed E-state index contributed by atoms with van der Waals surface area (Å²) in [7, 11) is 0. The van der Waals surface area contributed by atoms with E-state index in [4.69, 9.17) is 10.8 Å². The maximum Gasteiger partial charge on any atom is 0.335 e. The van der Waals surface area contributed by atoms with Crippen LogP contribution in [0.15, 0.2) is 24.3 Å². The Kier molecular flexibility index (Phi) is 5.32. The summed E-state index contributed by atoms with van der Waals surface area (Å²) in [6.07, 6.45) is 1.06. The molecular formula is C13H18N2O3. The number of hydrogen-bond acceptors (Lipinski definition) is 3. The molecule has 0 aliphatic carbocycles. The number of hydrogen-bond donors (Lipinski definition) is 3. The van der Waals surface area contributed by atoms with Gasteiger partial charge in [-0.05, 0) is 31.0 Å². The maximum atomic E-state index is 11.4. The molecule has 98 valence electrons. The molecule has 0 aliphatic heterocycles. The lowest BCUT2D eigenvalue weighted by atomic mass is 10.1. The number of carbonyl (C=O) groups excluding carboxylic acids is 1. The van der Waals surface area contributed by atoms with E-state index in [0.717, 1.165) is 5.56 Å². The van der Waals surface area contributed by atoms with Gasteiger partial charge in [0.25, 0.3) is 0 Å². The number of benzene rings is 1. The molecule has 0 heterocycles. The van der Waals surface area contributed by atoms with E-state index in [2.05, 4.69) is 5.32 Å². The van der Waals surface area contributed by atoms with Crippen LogP contribution in [0.3, 0.4) is 0 Å². The SMILES string of the molecule is CC(N)CCC(=O)NCc1ccc(C(=O)O)cc1. The zero-order valence-corrected chi connectivity index (χ0v) is 10.3. The first kappa shape index (κ1) is 14.2. The first-order chi connectivity index (χ1) is 8.49. The molecule has 0 saturated carbocycles. The molecule has 5 nitrogen and oxygen atoms in total. The van der Waals surface area contributed by atoms with Crippen molar-refractivity contribution in [3.63, 3.8) is 0 Å². The zero-order chi connectivity index (χ0) is 13.5. The predicted molar refractivity (Wildman–Crippen MR) is 68.1 cm³/mol.